The molecule has 0 fully saturated rings. The third-order valence-electron chi connectivity index (χ3n) is 1.46. The molecular weight excluding hydrogens is 396 g/mol. The zero-order valence-electron chi connectivity index (χ0n) is 16.5. The van der Waals surface area contributed by atoms with Gasteiger partial charge in [0.1, 0.15) is 0 Å². The maximum Gasteiger partial charge on any atom is 0.402 e. The fraction of sp³-hybridized carbons (Fsp3) is 0.294. The fourth-order valence-electron chi connectivity index (χ4n) is 0. The van der Waals surface area contributed by atoms with Crippen molar-refractivity contribution < 1.29 is 60.0 Å². The lowest BCUT2D eigenvalue weighted by molar-refractivity contribution is -0.436. The van der Waals surface area contributed by atoms with Gasteiger partial charge in [0.15, 0.2) is 0 Å². The number of carboxylic acid groups (broad SMARTS) is 4. The maximum absolute atomic E-state index is 9.60. The zero-order chi connectivity index (χ0) is 25.1. The van der Waals surface area contributed by atoms with Gasteiger partial charge in [-0.05, 0) is 27.7 Å². The molecule has 0 amide bonds. The zero-order valence-corrected chi connectivity index (χ0v) is 16.5. The summed E-state index contributed by atoms with van der Waals surface area (Å²) in [6.07, 6.45) is -3.50. The second-order valence-corrected chi connectivity index (χ2v) is 4.94. The van der Waals surface area contributed by atoms with Gasteiger partial charge in [-0.3, -0.25) is 0 Å². The summed E-state index contributed by atoms with van der Waals surface area (Å²) < 4.78 is 0. The number of carbonyl (C=O) groups is 4. The molecule has 0 radical (unpaired) electrons. The van der Waals surface area contributed by atoms with Gasteiger partial charge < -0.3 is 40.9 Å². The van der Waals surface area contributed by atoms with Gasteiger partial charge in [0.25, 0.3) is 0 Å². The Morgan fingerprint density at radius 3 is 0.517 bits per heavy atom. The SMILES string of the molecule is C=C(C)C(=O)O.C=C(C)C(=O)O.C=C(C)C(=O)O.C=C(C)C(=O)O.OC(O)(O)O. The first-order valence-electron chi connectivity index (χ1n) is 7.02. The number of rotatable bonds is 4. The van der Waals surface area contributed by atoms with Crippen LogP contribution in [-0.4, -0.2) is 70.9 Å². The molecule has 0 aromatic rings. The Balaban J connectivity index is -0.0000000829. The monoisotopic (exact) mass is 424 g/mol. The molecule has 0 saturated heterocycles. The molecule has 0 unspecified atom stereocenters. The molecule has 0 aliphatic rings. The highest BCUT2D eigenvalue weighted by molar-refractivity contribution is 5.85. The van der Waals surface area contributed by atoms with Crippen LogP contribution in [0, 0.1) is 0 Å². The third-order valence-corrected chi connectivity index (χ3v) is 1.46. The highest BCUT2D eigenvalue weighted by Gasteiger charge is 2.08. The van der Waals surface area contributed by atoms with E-state index in [2.05, 4.69) is 26.3 Å². The highest BCUT2D eigenvalue weighted by atomic mass is 16.8. The molecule has 168 valence electrons. The quantitative estimate of drug-likeness (QED) is 0.223. The minimum absolute atomic E-state index is 0.176. The lowest BCUT2D eigenvalue weighted by Gasteiger charge is -1.99. The molecule has 0 rings (SSSR count). The van der Waals surface area contributed by atoms with Crippen LogP contribution < -0.4 is 0 Å². The molecule has 0 atom stereocenters. The Labute approximate surface area is 167 Å². The van der Waals surface area contributed by atoms with Crippen LogP contribution in [0.5, 0.6) is 0 Å². The standard InChI is InChI=1S/4C4H6O2.CH4O4/c4*1-3(2)4(5)6;2-1(3,4)5/h4*1H2,2H3,(H,5,6);2-5H. The molecule has 0 aliphatic carbocycles. The van der Waals surface area contributed by atoms with Crippen molar-refractivity contribution in [1.29, 1.82) is 0 Å². The van der Waals surface area contributed by atoms with E-state index in [-0.39, 0.29) is 22.3 Å². The van der Waals surface area contributed by atoms with Crippen molar-refractivity contribution in [1.82, 2.24) is 0 Å². The van der Waals surface area contributed by atoms with Gasteiger partial charge in [0.05, 0.1) is 0 Å². The summed E-state index contributed by atoms with van der Waals surface area (Å²) in [5.74, 6) is -3.74. The average Bonchev–Trinajstić information content (AvgIpc) is 2.46. The van der Waals surface area contributed by atoms with Crippen LogP contribution in [0.2, 0.25) is 0 Å². The summed E-state index contributed by atoms with van der Waals surface area (Å²) in [4.78, 5) is 38.4. The number of hydrogen-bond donors (Lipinski definition) is 8. The van der Waals surface area contributed by atoms with Gasteiger partial charge in [-0.25, -0.2) is 19.2 Å². The summed E-state index contributed by atoms with van der Waals surface area (Å²) in [5.41, 5.74) is 0.704. The smallest absolute Gasteiger partial charge is 0.402 e. The van der Waals surface area contributed by atoms with E-state index >= 15 is 0 Å². The molecule has 12 heteroatoms. The Morgan fingerprint density at radius 1 is 0.483 bits per heavy atom. The van der Waals surface area contributed by atoms with Gasteiger partial charge in [0, 0.05) is 22.3 Å². The molecule has 8 N–H and O–H groups in total. The average molecular weight is 424 g/mol. The molecular formula is C17H28O12. The summed E-state index contributed by atoms with van der Waals surface area (Å²) >= 11 is 0. The lowest BCUT2D eigenvalue weighted by Crippen LogP contribution is -2.25. The van der Waals surface area contributed by atoms with Crippen molar-refractivity contribution in [2.24, 2.45) is 0 Å². The first kappa shape index (κ1) is 36.6. The number of hydrogen-bond acceptors (Lipinski definition) is 8. The molecule has 0 aromatic carbocycles. The van der Waals surface area contributed by atoms with E-state index in [1.807, 2.05) is 0 Å². The first-order chi connectivity index (χ1) is 12.6. The fourth-order valence-corrected chi connectivity index (χ4v) is 0. The molecule has 0 aromatic heterocycles. The second kappa shape index (κ2) is 19.4. The maximum atomic E-state index is 9.60. The third kappa shape index (κ3) is 79.0. The van der Waals surface area contributed by atoms with Crippen LogP contribution in [-0.2, 0) is 19.2 Å². The normalized spacial score (nSPS) is 8.28. The van der Waals surface area contributed by atoms with E-state index in [9.17, 15) is 19.2 Å². The van der Waals surface area contributed by atoms with Crippen LogP contribution >= 0.6 is 0 Å². The van der Waals surface area contributed by atoms with E-state index in [1.54, 1.807) is 0 Å². The topological polar surface area (TPSA) is 230 Å². The summed E-state index contributed by atoms with van der Waals surface area (Å²) in [6.45, 7) is 18.4. The van der Waals surface area contributed by atoms with E-state index in [1.165, 1.54) is 27.7 Å². The van der Waals surface area contributed by atoms with Gasteiger partial charge in [-0.2, -0.15) is 0 Å². The van der Waals surface area contributed by atoms with Gasteiger partial charge in [0.2, 0.25) is 0 Å². The van der Waals surface area contributed by atoms with Gasteiger partial charge >= 0.3 is 30.0 Å². The molecule has 0 aliphatic heterocycles. The van der Waals surface area contributed by atoms with Gasteiger partial charge in [-0.1, -0.05) is 26.3 Å². The molecule has 29 heavy (non-hydrogen) atoms. The van der Waals surface area contributed by atoms with Crippen molar-refractivity contribution in [3.05, 3.63) is 48.6 Å². The van der Waals surface area contributed by atoms with E-state index in [0.717, 1.165) is 0 Å². The molecule has 12 nitrogen and oxygen atoms in total. The predicted octanol–water partition coefficient (Wildman–Crippen LogP) is 0.155. The van der Waals surface area contributed by atoms with Crippen molar-refractivity contribution in [2.45, 2.75) is 33.9 Å². The van der Waals surface area contributed by atoms with E-state index in [0.29, 0.717) is 0 Å². The van der Waals surface area contributed by atoms with Gasteiger partial charge in [-0.15, -0.1) is 0 Å². The van der Waals surface area contributed by atoms with Crippen LogP contribution in [0.25, 0.3) is 0 Å². The Morgan fingerprint density at radius 2 is 0.517 bits per heavy atom. The molecule has 0 saturated carbocycles. The summed E-state index contributed by atoms with van der Waals surface area (Å²) in [6, 6.07) is 0. The van der Waals surface area contributed by atoms with Crippen molar-refractivity contribution in [2.75, 3.05) is 0 Å². The van der Waals surface area contributed by atoms with E-state index in [4.69, 9.17) is 40.9 Å². The predicted molar refractivity (Wildman–Crippen MR) is 101 cm³/mol. The second-order valence-electron chi connectivity index (χ2n) is 4.94. The molecule has 0 spiro atoms. The highest BCUT2D eigenvalue weighted by Crippen LogP contribution is 1.82. The minimum atomic E-state index is -3.50. The van der Waals surface area contributed by atoms with Crippen LogP contribution in [0.1, 0.15) is 27.7 Å². The largest absolute Gasteiger partial charge is 0.478 e. The Hall–Kier alpha value is -3.32. The molecule has 0 heterocycles. The van der Waals surface area contributed by atoms with Crippen LogP contribution in [0.15, 0.2) is 48.6 Å². The van der Waals surface area contributed by atoms with Crippen molar-refractivity contribution >= 4 is 23.9 Å². The summed E-state index contributed by atoms with van der Waals surface area (Å²) in [7, 11) is 0. The van der Waals surface area contributed by atoms with Crippen molar-refractivity contribution in [3.63, 3.8) is 0 Å². The first-order valence-corrected chi connectivity index (χ1v) is 7.02. The molecule has 0 bridgehead atoms. The Kier molecular flexibility index (Phi) is 24.5. The van der Waals surface area contributed by atoms with Crippen molar-refractivity contribution in [3.8, 4) is 0 Å². The lowest BCUT2D eigenvalue weighted by atomic mass is 10.4. The Bertz CT molecular complexity index is 458. The van der Waals surface area contributed by atoms with E-state index < -0.39 is 30.0 Å². The van der Waals surface area contributed by atoms with Crippen LogP contribution in [0.4, 0.5) is 0 Å². The number of carboxylic acids is 4. The van der Waals surface area contributed by atoms with Crippen LogP contribution in [0.3, 0.4) is 0 Å². The minimum Gasteiger partial charge on any atom is -0.478 e. The number of aliphatic carboxylic acids is 4. The summed E-state index contributed by atoms with van der Waals surface area (Å²) in [5, 5.41) is 60.3. The number of aliphatic hydroxyl groups is 4.